The van der Waals surface area contributed by atoms with Gasteiger partial charge in [0.05, 0.1) is 5.56 Å². The second-order valence-electron chi connectivity index (χ2n) is 9.02. The summed E-state index contributed by atoms with van der Waals surface area (Å²) in [6, 6.07) is 10.5. The first-order valence-electron chi connectivity index (χ1n) is 12.0. The van der Waals surface area contributed by atoms with Gasteiger partial charge in [0.2, 0.25) is 11.9 Å². The van der Waals surface area contributed by atoms with Gasteiger partial charge in [0.1, 0.15) is 5.82 Å². The molecule has 0 atom stereocenters. The highest BCUT2D eigenvalue weighted by Gasteiger charge is 2.36. The third kappa shape index (κ3) is 5.16. The number of pyridine rings is 1. The molecule has 0 unspecified atom stereocenters. The van der Waals surface area contributed by atoms with Gasteiger partial charge in [0, 0.05) is 51.0 Å². The number of hydrogen-bond acceptors (Lipinski definition) is 7. The molecule has 1 aromatic carbocycles. The fourth-order valence-corrected chi connectivity index (χ4v) is 4.63. The van der Waals surface area contributed by atoms with E-state index in [1.165, 1.54) is 18.7 Å². The van der Waals surface area contributed by atoms with Crippen LogP contribution in [0.1, 0.15) is 30.4 Å². The minimum atomic E-state index is -4.44. The predicted octanol–water partition coefficient (Wildman–Crippen LogP) is 4.58. The molecular weight excluding hydrogens is 455 g/mol. The van der Waals surface area contributed by atoms with Crippen molar-refractivity contribution < 1.29 is 13.2 Å². The highest BCUT2D eigenvalue weighted by atomic mass is 19.4. The average molecular weight is 484 g/mol. The fraction of sp³-hybridized carbons (Fsp3) is 0.440. The lowest BCUT2D eigenvalue weighted by molar-refractivity contribution is -0.137. The molecule has 0 amide bonds. The summed E-state index contributed by atoms with van der Waals surface area (Å²) in [4.78, 5) is 24.3. The van der Waals surface area contributed by atoms with Crippen LogP contribution in [0.3, 0.4) is 0 Å². The summed E-state index contributed by atoms with van der Waals surface area (Å²) in [7, 11) is 0. The van der Waals surface area contributed by atoms with E-state index in [4.69, 9.17) is 15.0 Å². The number of aromatic nitrogens is 4. The van der Waals surface area contributed by atoms with E-state index < -0.39 is 11.7 Å². The molecule has 3 aromatic rings. The lowest BCUT2D eigenvalue weighted by Gasteiger charge is -2.36. The molecule has 4 heterocycles. The van der Waals surface area contributed by atoms with Gasteiger partial charge >= 0.3 is 6.18 Å². The molecule has 0 spiro atoms. The first-order chi connectivity index (χ1) is 16.9. The smallest absolute Gasteiger partial charge is 0.353 e. The number of halogens is 3. The van der Waals surface area contributed by atoms with Crippen LogP contribution >= 0.6 is 0 Å². The summed E-state index contributed by atoms with van der Waals surface area (Å²) < 4.78 is 40.5. The lowest BCUT2D eigenvalue weighted by Crippen LogP contribution is -2.48. The zero-order valence-corrected chi connectivity index (χ0v) is 19.7. The van der Waals surface area contributed by atoms with E-state index >= 15 is 0 Å². The van der Waals surface area contributed by atoms with Crippen molar-refractivity contribution in [3.05, 3.63) is 53.7 Å². The maximum atomic E-state index is 13.5. The van der Waals surface area contributed by atoms with Crippen molar-refractivity contribution in [2.24, 2.45) is 0 Å². The Morgan fingerprint density at radius 1 is 0.743 bits per heavy atom. The first kappa shape index (κ1) is 23.3. The number of benzene rings is 1. The van der Waals surface area contributed by atoms with Gasteiger partial charge in [-0.25, -0.2) is 4.98 Å². The van der Waals surface area contributed by atoms with E-state index in [9.17, 15) is 13.2 Å². The largest absolute Gasteiger partial charge is 0.419 e. The SMILES string of the molecule is Cc1cccc(-c2nc(N3CCCCC3)nc(N3CCN(c4ncccc4C(F)(F)F)CC3)n2)c1. The molecule has 0 saturated carbocycles. The highest BCUT2D eigenvalue weighted by Crippen LogP contribution is 2.35. The second kappa shape index (κ2) is 9.67. The maximum absolute atomic E-state index is 13.5. The number of hydrogen-bond donors (Lipinski definition) is 0. The Kier molecular flexibility index (Phi) is 6.44. The number of rotatable bonds is 4. The molecule has 5 rings (SSSR count). The number of anilines is 3. The molecule has 2 aromatic heterocycles. The first-order valence-corrected chi connectivity index (χ1v) is 12.0. The summed E-state index contributed by atoms with van der Waals surface area (Å²) >= 11 is 0. The van der Waals surface area contributed by atoms with Gasteiger partial charge in [-0.15, -0.1) is 0 Å². The van der Waals surface area contributed by atoms with Crippen LogP contribution in [0, 0.1) is 6.92 Å². The van der Waals surface area contributed by atoms with Crippen LogP contribution in [0.2, 0.25) is 0 Å². The fourth-order valence-electron chi connectivity index (χ4n) is 4.63. The normalized spacial score (nSPS) is 17.1. The molecule has 2 aliphatic heterocycles. The van der Waals surface area contributed by atoms with Gasteiger partial charge in [-0.05, 0) is 44.4 Å². The number of piperidine rings is 1. The minimum Gasteiger partial charge on any atom is -0.353 e. The standard InChI is InChI=1S/C25H28F3N7/c1-18-7-5-8-19(17-18)21-30-23(34-11-3-2-4-12-34)32-24(31-21)35-15-13-33(14-16-35)22-20(25(26,27)28)9-6-10-29-22/h5-10,17H,2-4,11-16H2,1H3. The van der Waals surface area contributed by atoms with Gasteiger partial charge < -0.3 is 14.7 Å². The molecule has 10 heteroatoms. The van der Waals surface area contributed by atoms with E-state index in [1.54, 1.807) is 4.90 Å². The van der Waals surface area contributed by atoms with Crippen molar-refractivity contribution in [3.63, 3.8) is 0 Å². The number of alkyl halides is 3. The third-order valence-corrected chi connectivity index (χ3v) is 6.48. The molecule has 2 saturated heterocycles. The summed E-state index contributed by atoms with van der Waals surface area (Å²) in [5.74, 6) is 1.82. The summed E-state index contributed by atoms with van der Waals surface area (Å²) in [6.45, 7) is 5.61. The van der Waals surface area contributed by atoms with Crippen molar-refractivity contribution in [3.8, 4) is 11.4 Å². The molecule has 2 aliphatic rings. The Morgan fingerprint density at radius 3 is 2.06 bits per heavy atom. The van der Waals surface area contributed by atoms with Crippen LogP contribution in [-0.2, 0) is 6.18 Å². The van der Waals surface area contributed by atoms with Crippen LogP contribution in [0.5, 0.6) is 0 Å². The molecule has 2 fully saturated rings. The van der Waals surface area contributed by atoms with Gasteiger partial charge in [0.15, 0.2) is 5.82 Å². The molecule has 0 aliphatic carbocycles. The quantitative estimate of drug-likeness (QED) is 0.538. The summed E-state index contributed by atoms with van der Waals surface area (Å²) in [5.41, 5.74) is 1.34. The van der Waals surface area contributed by atoms with Gasteiger partial charge in [-0.3, -0.25) is 0 Å². The number of piperazine rings is 1. The van der Waals surface area contributed by atoms with Crippen LogP contribution in [-0.4, -0.2) is 59.2 Å². The Balaban J connectivity index is 1.42. The zero-order valence-electron chi connectivity index (χ0n) is 19.7. The Morgan fingerprint density at radius 2 is 1.40 bits per heavy atom. The average Bonchev–Trinajstić information content (AvgIpc) is 2.88. The summed E-state index contributed by atoms with van der Waals surface area (Å²) in [6.07, 6.45) is 0.369. The van der Waals surface area contributed by atoms with Crippen molar-refractivity contribution in [2.45, 2.75) is 32.4 Å². The van der Waals surface area contributed by atoms with Gasteiger partial charge in [0.25, 0.3) is 0 Å². The molecule has 35 heavy (non-hydrogen) atoms. The van der Waals surface area contributed by atoms with E-state index in [1.807, 2.05) is 30.0 Å². The van der Waals surface area contributed by atoms with E-state index in [0.29, 0.717) is 43.9 Å². The molecule has 0 N–H and O–H groups in total. The Labute approximate surface area is 202 Å². The van der Waals surface area contributed by atoms with Crippen LogP contribution in [0.4, 0.5) is 30.9 Å². The van der Waals surface area contributed by atoms with Crippen LogP contribution in [0.25, 0.3) is 11.4 Å². The minimum absolute atomic E-state index is 0.0234. The van der Waals surface area contributed by atoms with E-state index in [-0.39, 0.29) is 5.82 Å². The highest BCUT2D eigenvalue weighted by molar-refractivity contribution is 5.60. The molecular formula is C25H28F3N7. The maximum Gasteiger partial charge on any atom is 0.419 e. The van der Waals surface area contributed by atoms with Crippen molar-refractivity contribution in [1.29, 1.82) is 0 Å². The Bertz CT molecular complexity index is 1170. The van der Waals surface area contributed by atoms with Gasteiger partial charge in [-0.2, -0.15) is 28.1 Å². The molecule has 184 valence electrons. The predicted molar refractivity (Wildman–Crippen MR) is 130 cm³/mol. The molecule has 0 radical (unpaired) electrons. The van der Waals surface area contributed by atoms with Crippen molar-refractivity contribution in [2.75, 3.05) is 54.0 Å². The van der Waals surface area contributed by atoms with E-state index in [2.05, 4.69) is 16.0 Å². The topological polar surface area (TPSA) is 61.3 Å². The lowest BCUT2D eigenvalue weighted by atomic mass is 10.1. The molecule has 0 bridgehead atoms. The summed E-state index contributed by atoms with van der Waals surface area (Å²) in [5, 5.41) is 0. The van der Waals surface area contributed by atoms with Crippen molar-refractivity contribution in [1.82, 2.24) is 19.9 Å². The molecule has 7 nitrogen and oxygen atoms in total. The monoisotopic (exact) mass is 483 g/mol. The number of nitrogens with zero attached hydrogens (tertiary/aromatic N) is 7. The second-order valence-corrected chi connectivity index (χ2v) is 9.02. The zero-order chi connectivity index (χ0) is 24.4. The van der Waals surface area contributed by atoms with E-state index in [0.717, 1.165) is 43.1 Å². The van der Waals surface area contributed by atoms with Gasteiger partial charge in [-0.1, -0.05) is 23.8 Å². The Hall–Kier alpha value is -3.43. The van der Waals surface area contributed by atoms with Crippen molar-refractivity contribution >= 4 is 17.7 Å². The van der Waals surface area contributed by atoms with Crippen LogP contribution < -0.4 is 14.7 Å². The third-order valence-electron chi connectivity index (χ3n) is 6.48. The number of aryl methyl sites for hydroxylation is 1. The van der Waals surface area contributed by atoms with Crippen LogP contribution in [0.15, 0.2) is 42.6 Å².